The highest BCUT2D eigenvalue weighted by molar-refractivity contribution is 7.09. The van der Waals surface area contributed by atoms with Gasteiger partial charge in [0.2, 0.25) is 0 Å². The van der Waals surface area contributed by atoms with Crippen LogP contribution in [0.1, 0.15) is 50.6 Å². The molecule has 0 aliphatic carbocycles. The molecule has 10 nitrogen and oxygen atoms in total. The van der Waals surface area contributed by atoms with E-state index in [2.05, 4.69) is 9.69 Å². The Labute approximate surface area is 204 Å². The standard InChI is InChI=1S/C23H24FN5O5S/c1-12-8-9-16(34-12)19(22(31)27-11-13-5-4-10-33-13)29(15-7-3-2-6-14(15)24)23(32)20-17(25)18(21(26)30)28-35-20/h2-3,6-9,13,19H,4-5,10-11,25H2,1H3,(H2,26,30)(H,27,31)/t13-,19-/m0/s1. The molecule has 5 N–H and O–H groups in total. The fourth-order valence-electron chi connectivity index (χ4n) is 3.84. The Balaban J connectivity index is 1.80. The zero-order chi connectivity index (χ0) is 25.1. The highest BCUT2D eigenvalue weighted by Crippen LogP contribution is 2.35. The number of benzene rings is 1. The Morgan fingerprint density at radius 1 is 1.29 bits per heavy atom. The summed E-state index contributed by atoms with van der Waals surface area (Å²) in [7, 11) is 0. The van der Waals surface area contributed by atoms with E-state index in [9.17, 15) is 14.4 Å². The molecule has 4 rings (SSSR count). The minimum atomic E-state index is -1.40. The largest absolute Gasteiger partial charge is 0.464 e. The molecule has 3 amide bonds. The minimum absolute atomic E-state index is 0.113. The van der Waals surface area contributed by atoms with Crippen molar-refractivity contribution in [2.45, 2.75) is 31.9 Å². The number of nitrogens with zero attached hydrogens (tertiary/aromatic N) is 2. The van der Waals surface area contributed by atoms with Gasteiger partial charge in [-0.15, -0.1) is 0 Å². The predicted molar refractivity (Wildman–Crippen MR) is 126 cm³/mol. The first-order valence-corrected chi connectivity index (χ1v) is 11.6. The lowest BCUT2D eigenvalue weighted by Gasteiger charge is -2.30. The van der Waals surface area contributed by atoms with E-state index in [0.717, 1.165) is 23.8 Å². The van der Waals surface area contributed by atoms with Gasteiger partial charge in [0.15, 0.2) is 11.7 Å². The van der Waals surface area contributed by atoms with Gasteiger partial charge in [-0.2, -0.15) is 4.37 Å². The van der Waals surface area contributed by atoms with Crippen molar-refractivity contribution in [3.8, 4) is 0 Å². The van der Waals surface area contributed by atoms with Crippen LogP contribution in [-0.4, -0.2) is 41.4 Å². The quantitative estimate of drug-likeness (QED) is 0.429. The van der Waals surface area contributed by atoms with Gasteiger partial charge < -0.3 is 25.9 Å². The van der Waals surface area contributed by atoms with Gasteiger partial charge in [0.1, 0.15) is 22.2 Å². The zero-order valence-electron chi connectivity index (χ0n) is 18.8. The molecule has 0 saturated carbocycles. The summed E-state index contributed by atoms with van der Waals surface area (Å²) < 4.78 is 30.2. The number of hydrogen-bond acceptors (Lipinski definition) is 8. The number of para-hydroxylation sites is 1. The summed E-state index contributed by atoms with van der Waals surface area (Å²) in [6.07, 6.45) is 1.51. The number of nitrogen functional groups attached to an aromatic ring is 1. The molecule has 1 saturated heterocycles. The van der Waals surface area contributed by atoms with Gasteiger partial charge in [0, 0.05) is 13.2 Å². The van der Waals surface area contributed by atoms with Gasteiger partial charge in [0.25, 0.3) is 17.7 Å². The molecule has 0 unspecified atom stereocenters. The monoisotopic (exact) mass is 501 g/mol. The van der Waals surface area contributed by atoms with Crippen LogP contribution in [0.25, 0.3) is 0 Å². The first-order valence-electron chi connectivity index (χ1n) is 10.9. The molecule has 3 heterocycles. The van der Waals surface area contributed by atoms with Gasteiger partial charge in [-0.25, -0.2) is 4.39 Å². The van der Waals surface area contributed by atoms with Crippen LogP contribution >= 0.6 is 11.5 Å². The lowest BCUT2D eigenvalue weighted by molar-refractivity contribution is -0.123. The summed E-state index contributed by atoms with van der Waals surface area (Å²) >= 11 is 0.633. The number of halogens is 1. The summed E-state index contributed by atoms with van der Waals surface area (Å²) in [6.45, 7) is 2.50. The number of hydrogen-bond donors (Lipinski definition) is 3. The number of amides is 3. The number of aromatic nitrogens is 1. The second-order valence-electron chi connectivity index (χ2n) is 8.00. The molecule has 2 atom stereocenters. The van der Waals surface area contributed by atoms with E-state index >= 15 is 4.39 Å². The maximum absolute atomic E-state index is 15.0. The first-order chi connectivity index (χ1) is 16.8. The SMILES string of the molecule is Cc1ccc([C@@H](C(=O)NC[C@@H]2CCCO2)N(C(=O)c2snc(C(N)=O)c2N)c2ccccc2F)o1. The number of aryl methyl sites for hydroxylation is 1. The van der Waals surface area contributed by atoms with Crippen molar-refractivity contribution in [3.05, 3.63) is 64.3 Å². The van der Waals surface area contributed by atoms with Crippen molar-refractivity contribution in [1.82, 2.24) is 9.69 Å². The maximum atomic E-state index is 15.0. The van der Waals surface area contributed by atoms with Crippen molar-refractivity contribution < 1.29 is 27.9 Å². The Hall–Kier alpha value is -3.77. The average Bonchev–Trinajstić information content (AvgIpc) is 3.57. The van der Waals surface area contributed by atoms with E-state index in [-0.39, 0.29) is 40.4 Å². The number of ether oxygens (including phenoxy) is 1. The molecule has 0 spiro atoms. The smallest absolute Gasteiger partial charge is 0.273 e. The van der Waals surface area contributed by atoms with Gasteiger partial charge >= 0.3 is 0 Å². The van der Waals surface area contributed by atoms with Crippen LogP contribution in [0.4, 0.5) is 15.8 Å². The van der Waals surface area contributed by atoms with E-state index in [1.807, 2.05) is 0 Å². The third-order valence-corrected chi connectivity index (χ3v) is 6.40. The van der Waals surface area contributed by atoms with Crippen LogP contribution in [-0.2, 0) is 9.53 Å². The third kappa shape index (κ3) is 5.03. The molecule has 2 aromatic heterocycles. The highest BCUT2D eigenvalue weighted by Gasteiger charge is 2.39. The summed E-state index contributed by atoms with van der Waals surface area (Å²) in [5.74, 6) is -2.51. The number of nitrogens with two attached hydrogens (primary N) is 2. The van der Waals surface area contributed by atoms with Crippen molar-refractivity contribution in [2.24, 2.45) is 5.73 Å². The fraction of sp³-hybridized carbons (Fsp3) is 0.304. The summed E-state index contributed by atoms with van der Waals surface area (Å²) in [6, 6.07) is 7.28. The number of nitrogens with one attached hydrogen (secondary N) is 1. The van der Waals surface area contributed by atoms with E-state index in [4.69, 9.17) is 20.6 Å². The molecule has 1 aromatic carbocycles. The normalized spacial score (nSPS) is 16.1. The van der Waals surface area contributed by atoms with Gasteiger partial charge in [-0.1, -0.05) is 12.1 Å². The minimum Gasteiger partial charge on any atom is -0.464 e. The number of furan rings is 1. The molecule has 0 bridgehead atoms. The van der Waals surface area contributed by atoms with E-state index < -0.39 is 29.6 Å². The lowest BCUT2D eigenvalue weighted by atomic mass is 10.1. The predicted octanol–water partition coefficient (Wildman–Crippen LogP) is 2.55. The summed E-state index contributed by atoms with van der Waals surface area (Å²) in [5.41, 5.74) is 10.6. The molecule has 0 radical (unpaired) electrons. The molecule has 1 aliphatic rings. The van der Waals surface area contributed by atoms with Crippen LogP contribution < -0.4 is 21.7 Å². The number of anilines is 2. The van der Waals surface area contributed by atoms with E-state index in [1.165, 1.54) is 24.3 Å². The second-order valence-corrected chi connectivity index (χ2v) is 8.77. The number of primary amides is 1. The molecule has 3 aromatic rings. The fourth-order valence-corrected chi connectivity index (χ4v) is 4.58. The van der Waals surface area contributed by atoms with E-state index in [0.29, 0.717) is 23.9 Å². The Kier molecular flexibility index (Phi) is 7.12. The number of rotatable bonds is 8. The average molecular weight is 502 g/mol. The molecule has 35 heavy (non-hydrogen) atoms. The van der Waals surface area contributed by atoms with Crippen LogP contribution in [0, 0.1) is 12.7 Å². The van der Waals surface area contributed by atoms with Crippen molar-refractivity contribution in [3.63, 3.8) is 0 Å². The zero-order valence-corrected chi connectivity index (χ0v) is 19.6. The maximum Gasteiger partial charge on any atom is 0.273 e. The summed E-state index contributed by atoms with van der Waals surface area (Å²) in [5, 5.41) is 2.79. The van der Waals surface area contributed by atoms with Crippen LogP contribution in [0.3, 0.4) is 0 Å². The molecule has 1 aliphatic heterocycles. The molecular weight excluding hydrogens is 477 g/mol. The Bertz CT molecular complexity index is 1250. The molecular formula is C23H24FN5O5S. The molecule has 184 valence electrons. The Morgan fingerprint density at radius 3 is 2.66 bits per heavy atom. The summed E-state index contributed by atoms with van der Waals surface area (Å²) in [4.78, 5) is 39.7. The molecule has 1 fully saturated rings. The van der Waals surface area contributed by atoms with Crippen molar-refractivity contribution in [2.75, 3.05) is 23.8 Å². The van der Waals surface area contributed by atoms with E-state index in [1.54, 1.807) is 13.0 Å². The molecule has 12 heteroatoms. The number of carbonyl (C=O) groups is 3. The van der Waals surface area contributed by atoms with Crippen LogP contribution in [0.15, 0.2) is 40.8 Å². The van der Waals surface area contributed by atoms with Crippen molar-refractivity contribution in [1.29, 1.82) is 0 Å². The van der Waals surface area contributed by atoms with Crippen LogP contribution in [0.5, 0.6) is 0 Å². The second kappa shape index (κ2) is 10.2. The van der Waals surface area contributed by atoms with Gasteiger partial charge in [0.05, 0.1) is 17.5 Å². The lowest BCUT2D eigenvalue weighted by Crippen LogP contribution is -2.45. The third-order valence-electron chi connectivity index (χ3n) is 5.55. The topological polar surface area (TPSA) is 154 Å². The Morgan fingerprint density at radius 2 is 2.06 bits per heavy atom. The highest BCUT2D eigenvalue weighted by atomic mass is 32.1. The number of carbonyl (C=O) groups excluding carboxylic acids is 3. The van der Waals surface area contributed by atoms with Gasteiger partial charge in [-0.3, -0.25) is 19.3 Å². The van der Waals surface area contributed by atoms with Crippen LogP contribution in [0.2, 0.25) is 0 Å². The van der Waals surface area contributed by atoms with Crippen molar-refractivity contribution >= 4 is 40.6 Å². The first kappa shape index (κ1) is 24.4. The van der Waals surface area contributed by atoms with Gasteiger partial charge in [-0.05, 0) is 55.6 Å².